The minimum atomic E-state index is 0.0264. The molecule has 0 atom stereocenters. The number of nitrogens with zero attached hydrogens (tertiary/aromatic N) is 1. The molecule has 1 heterocycles. The van der Waals surface area contributed by atoms with E-state index in [-0.39, 0.29) is 5.91 Å². The van der Waals surface area contributed by atoms with Crippen LogP contribution in [0.1, 0.15) is 12.8 Å². The highest BCUT2D eigenvalue weighted by atomic mass is 16.2. The van der Waals surface area contributed by atoms with Crippen molar-refractivity contribution in [3.63, 3.8) is 0 Å². The summed E-state index contributed by atoms with van der Waals surface area (Å²) in [5.41, 5.74) is 0. The fourth-order valence-electron chi connectivity index (χ4n) is 1.70. The van der Waals surface area contributed by atoms with Crippen LogP contribution in [-0.2, 0) is 4.79 Å². The van der Waals surface area contributed by atoms with Crippen LogP contribution in [0.4, 0.5) is 0 Å². The van der Waals surface area contributed by atoms with Gasteiger partial charge in [0.2, 0.25) is 5.91 Å². The molecule has 0 aliphatic carbocycles. The average Bonchev–Trinajstić information content (AvgIpc) is 2.18. The number of amides is 1. The van der Waals surface area contributed by atoms with Gasteiger partial charge in [-0.1, -0.05) is 6.58 Å². The molecule has 0 saturated carbocycles. The second kappa shape index (κ2) is 5.02. The Morgan fingerprint density at radius 3 is 2.77 bits per heavy atom. The number of carbonyl (C=O) groups excluding carboxylic acids is 1. The second-order valence-corrected chi connectivity index (χ2v) is 3.62. The van der Waals surface area contributed by atoms with Crippen LogP contribution >= 0.6 is 0 Å². The topological polar surface area (TPSA) is 32.3 Å². The summed E-state index contributed by atoms with van der Waals surface area (Å²) < 4.78 is 0. The zero-order chi connectivity index (χ0) is 9.68. The lowest BCUT2D eigenvalue weighted by molar-refractivity contribution is -0.125. The number of carbonyl (C=O) groups is 1. The molecule has 0 spiro atoms. The largest absolute Gasteiger partial charge is 0.342 e. The van der Waals surface area contributed by atoms with Crippen LogP contribution in [0.2, 0.25) is 0 Å². The van der Waals surface area contributed by atoms with Crippen molar-refractivity contribution in [2.24, 2.45) is 5.92 Å². The molecular weight excluding hydrogens is 164 g/mol. The third-order valence-corrected chi connectivity index (χ3v) is 2.54. The number of likely N-dealkylation sites (N-methyl/N-ethyl adjacent to an activating group) is 1. The first-order chi connectivity index (χ1) is 6.24. The molecule has 1 N–H and O–H groups in total. The van der Waals surface area contributed by atoms with Gasteiger partial charge in [-0.15, -0.1) is 0 Å². The smallest absolute Gasteiger partial charge is 0.245 e. The van der Waals surface area contributed by atoms with Gasteiger partial charge in [-0.3, -0.25) is 4.79 Å². The first kappa shape index (κ1) is 10.3. The Balaban J connectivity index is 2.29. The normalized spacial score (nSPS) is 18.2. The Bertz CT molecular complexity index is 185. The van der Waals surface area contributed by atoms with Crippen LogP contribution in [0.5, 0.6) is 0 Å². The van der Waals surface area contributed by atoms with Crippen molar-refractivity contribution in [3.8, 4) is 0 Å². The summed E-state index contributed by atoms with van der Waals surface area (Å²) in [5.74, 6) is 0.689. The maximum atomic E-state index is 11.2. The predicted molar refractivity (Wildman–Crippen MR) is 53.4 cm³/mol. The monoisotopic (exact) mass is 182 g/mol. The van der Waals surface area contributed by atoms with E-state index in [0.717, 1.165) is 19.6 Å². The van der Waals surface area contributed by atoms with Crippen molar-refractivity contribution < 1.29 is 4.79 Å². The summed E-state index contributed by atoms with van der Waals surface area (Å²) in [6.07, 6.45) is 3.73. The molecule has 13 heavy (non-hydrogen) atoms. The Hall–Kier alpha value is -0.830. The molecule has 0 aromatic carbocycles. The van der Waals surface area contributed by atoms with E-state index in [0.29, 0.717) is 5.92 Å². The minimum absolute atomic E-state index is 0.0264. The minimum Gasteiger partial charge on any atom is -0.342 e. The molecule has 74 valence electrons. The van der Waals surface area contributed by atoms with E-state index in [4.69, 9.17) is 0 Å². The molecule has 1 aliphatic rings. The van der Waals surface area contributed by atoms with Crippen LogP contribution in [0.3, 0.4) is 0 Å². The Kier molecular flexibility index (Phi) is 3.96. The summed E-state index contributed by atoms with van der Waals surface area (Å²) in [5, 5.41) is 3.31. The van der Waals surface area contributed by atoms with Gasteiger partial charge in [0, 0.05) is 13.6 Å². The van der Waals surface area contributed by atoms with Gasteiger partial charge in [0.15, 0.2) is 0 Å². The van der Waals surface area contributed by atoms with E-state index in [1.165, 1.54) is 18.9 Å². The number of hydrogen-bond donors (Lipinski definition) is 1. The lowest BCUT2D eigenvalue weighted by Crippen LogP contribution is -2.36. The average molecular weight is 182 g/mol. The molecule has 0 radical (unpaired) electrons. The third-order valence-electron chi connectivity index (χ3n) is 2.54. The van der Waals surface area contributed by atoms with Gasteiger partial charge in [0.25, 0.3) is 0 Å². The van der Waals surface area contributed by atoms with Gasteiger partial charge in [-0.25, -0.2) is 0 Å². The zero-order valence-electron chi connectivity index (χ0n) is 8.25. The predicted octanol–water partition coefficient (Wildman–Crippen LogP) is 0.630. The van der Waals surface area contributed by atoms with Gasteiger partial charge in [0.05, 0.1) is 0 Å². The van der Waals surface area contributed by atoms with Gasteiger partial charge in [-0.05, 0) is 37.9 Å². The van der Waals surface area contributed by atoms with E-state index in [1.54, 1.807) is 4.90 Å². The SMILES string of the molecule is C=CC(=O)N(C)CC1CCNCC1. The van der Waals surface area contributed by atoms with Crippen molar-refractivity contribution in [2.75, 3.05) is 26.7 Å². The zero-order valence-corrected chi connectivity index (χ0v) is 8.25. The van der Waals surface area contributed by atoms with E-state index in [9.17, 15) is 4.79 Å². The molecule has 0 aromatic rings. The molecule has 1 rings (SSSR count). The maximum Gasteiger partial charge on any atom is 0.245 e. The van der Waals surface area contributed by atoms with E-state index >= 15 is 0 Å². The second-order valence-electron chi connectivity index (χ2n) is 3.62. The first-order valence-corrected chi connectivity index (χ1v) is 4.82. The van der Waals surface area contributed by atoms with Crippen LogP contribution in [0.15, 0.2) is 12.7 Å². The molecule has 0 aromatic heterocycles. The van der Waals surface area contributed by atoms with E-state index in [1.807, 2.05) is 7.05 Å². The number of piperidine rings is 1. The van der Waals surface area contributed by atoms with Gasteiger partial charge >= 0.3 is 0 Å². The molecule has 0 bridgehead atoms. The summed E-state index contributed by atoms with van der Waals surface area (Å²) in [4.78, 5) is 12.9. The Morgan fingerprint density at radius 2 is 2.23 bits per heavy atom. The molecule has 3 nitrogen and oxygen atoms in total. The van der Waals surface area contributed by atoms with Crippen molar-refractivity contribution in [3.05, 3.63) is 12.7 Å². The van der Waals surface area contributed by atoms with Crippen molar-refractivity contribution in [2.45, 2.75) is 12.8 Å². The Labute approximate surface area is 79.8 Å². The van der Waals surface area contributed by atoms with Gasteiger partial charge < -0.3 is 10.2 Å². The van der Waals surface area contributed by atoms with E-state index in [2.05, 4.69) is 11.9 Å². The first-order valence-electron chi connectivity index (χ1n) is 4.82. The van der Waals surface area contributed by atoms with Crippen molar-refractivity contribution in [1.29, 1.82) is 0 Å². The lowest BCUT2D eigenvalue weighted by Gasteiger charge is -2.26. The summed E-state index contributed by atoms with van der Waals surface area (Å²) in [6.45, 7) is 6.51. The molecular formula is C10H18N2O. The Morgan fingerprint density at radius 1 is 1.62 bits per heavy atom. The summed E-state index contributed by atoms with van der Waals surface area (Å²) in [6, 6.07) is 0. The quantitative estimate of drug-likeness (QED) is 0.649. The van der Waals surface area contributed by atoms with Crippen molar-refractivity contribution >= 4 is 5.91 Å². The highest BCUT2D eigenvalue weighted by Gasteiger charge is 2.16. The van der Waals surface area contributed by atoms with Crippen LogP contribution in [0, 0.1) is 5.92 Å². The standard InChI is InChI=1S/C10H18N2O/c1-3-10(13)12(2)8-9-4-6-11-7-5-9/h3,9,11H,1,4-8H2,2H3. The van der Waals surface area contributed by atoms with Crippen LogP contribution in [-0.4, -0.2) is 37.5 Å². The fourth-order valence-corrected chi connectivity index (χ4v) is 1.70. The third kappa shape index (κ3) is 3.19. The summed E-state index contributed by atoms with van der Waals surface area (Å²) >= 11 is 0. The van der Waals surface area contributed by atoms with Gasteiger partial charge in [-0.2, -0.15) is 0 Å². The molecule has 1 amide bonds. The summed E-state index contributed by atoms with van der Waals surface area (Å²) in [7, 11) is 1.84. The maximum absolute atomic E-state index is 11.2. The molecule has 1 saturated heterocycles. The number of nitrogens with one attached hydrogen (secondary N) is 1. The van der Waals surface area contributed by atoms with Crippen LogP contribution in [0.25, 0.3) is 0 Å². The lowest BCUT2D eigenvalue weighted by atomic mass is 9.98. The van der Waals surface area contributed by atoms with Crippen LogP contribution < -0.4 is 5.32 Å². The van der Waals surface area contributed by atoms with Crippen molar-refractivity contribution in [1.82, 2.24) is 10.2 Å². The van der Waals surface area contributed by atoms with E-state index < -0.39 is 0 Å². The molecule has 1 aliphatic heterocycles. The van der Waals surface area contributed by atoms with Gasteiger partial charge in [0.1, 0.15) is 0 Å². The number of hydrogen-bond acceptors (Lipinski definition) is 2. The number of rotatable bonds is 3. The molecule has 1 fully saturated rings. The molecule has 3 heteroatoms. The highest BCUT2D eigenvalue weighted by Crippen LogP contribution is 2.12. The highest BCUT2D eigenvalue weighted by molar-refractivity contribution is 5.86. The fraction of sp³-hybridized carbons (Fsp3) is 0.700. The molecule has 0 unspecified atom stereocenters.